The number of hydrogen-bond acceptors (Lipinski definition) is 8. The molecule has 1 N–H and O–H groups in total. The Morgan fingerprint density at radius 3 is 1.90 bits per heavy atom. The fourth-order valence-corrected chi connectivity index (χ4v) is 6.32. The Hall–Kier alpha value is -3.37. The molecule has 0 fully saturated rings. The van der Waals surface area contributed by atoms with Crippen LogP contribution in [0, 0.1) is 6.92 Å². The average molecular weight is 590 g/mol. The number of aryl methyl sites for hydroxylation is 1. The first kappa shape index (κ1) is 31.2. The molecule has 0 saturated heterocycles. The minimum Gasteiger partial charge on any atom is -0.466 e. The molecule has 1 aliphatic rings. The lowest BCUT2D eigenvalue weighted by molar-refractivity contribution is -0.160. The molecule has 0 spiro atoms. The van der Waals surface area contributed by atoms with E-state index in [0.717, 1.165) is 24.1 Å². The lowest BCUT2D eigenvalue weighted by atomic mass is 9.91. The van der Waals surface area contributed by atoms with E-state index in [4.69, 9.17) is 26.1 Å². The molecule has 3 rings (SSSR count). The van der Waals surface area contributed by atoms with Gasteiger partial charge in [-0.1, -0.05) is 47.5 Å². The molecule has 40 heavy (non-hydrogen) atoms. The predicted molar refractivity (Wildman–Crippen MR) is 155 cm³/mol. The molecule has 2 aromatic rings. The van der Waals surface area contributed by atoms with E-state index >= 15 is 0 Å². The van der Waals surface area contributed by atoms with Gasteiger partial charge in [0, 0.05) is 16.1 Å². The first-order valence-corrected chi connectivity index (χ1v) is 14.4. The number of aliphatic imine (C=N–C) groups is 1. The summed E-state index contributed by atoms with van der Waals surface area (Å²) in [5.74, 6) is -2.37. The molecule has 1 aliphatic heterocycles. The van der Waals surface area contributed by atoms with Crippen molar-refractivity contribution in [2.24, 2.45) is 4.99 Å². The topological polar surface area (TPSA) is 114 Å². The Kier molecular flexibility index (Phi) is 8.49. The maximum Gasteiger partial charge on any atom is 0.351 e. The van der Waals surface area contributed by atoms with Crippen LogP contribution >= 0.6 is 11.6 Å². The number of halogens is 1. The maximum absolute atomic E-state index is 14.7. The smallest absolute Gasteiger partial charge is 0.351 e. The lowest BCUT2D eigenvalue weighted by Crippen LogP contribution is -2.64. The number of benzene rings is 2. The Labute approximate surface area is 241 Å². The van der Waals surface area contributed by atoms with Crippen LogP contribution in [0.3, 0.4) is 0 Å². The highest BCUT2D eigenvalue weighted by Gasteiger charge is 2.68. The van der Waals surface area contributed by atoms with E-state index in [1.165, 1.54) is 12.1 Å². The van der Waals surface area contributed by atoms with Gasteiger partial charge in [-0.3, -0.25) is 4.99 Å². The molecule has 0 radical (unpaired) electrons. The summed E-state index contributed by atoms with van der Waals surface area (Å²) >= 11 is 6.67. The summed E-state index contributed by atoms with van der Waals surface area (Å²) in [4.78, 5) is 32.5. The van der Waals surface area contributed by atoms with Gasteiger partial charge in [-0.2, -0.15) is 0 Å². The number of sulfonamides is 1. The molecule has 0 bridgehead atoms. The van der Waals surface area contributed by atoms with E-state index < -0.39 is 38.6 Å². The lowest BCUT2D eigenvalue weighted by Gasteiger charge is -2.36. The third-order valence-corrected chi connectivity index (χ3v) is 8.06. The van der Waals surface area contributed by atoms with Crippen LogP contribution in [0.5, 0.6) is 0 Å². The number of nitrogens with one attached hydrogen (secondary N) is 1. The first-order valence-electron chi connectivity index (χ1n) is 12.6. The van der Waals surface area contributed by atoms with Crippen molar-refractivity contribution in [2.45, 2.75) is 70.0 Å². The summed E-state index contributed by atoms with van der Waals surface area (Å²) < 4.78 is 40.4. The normalized spacial score (nSPS) is 16.8. The third-order valence-electron chi connectivity index (χ3n) is 5.92. The fraction of sp³-hybridized carbons (Fsp3) is 0.414. The Bertz CT molecular complexity index is 1470. The molecule has 11 heteroatoms. The molecule has 0 unspecified atom stereocenters. The van der Waals surface area contributed by atoms with Crippen molar-refractivity contribution in [2.75, 3.05) is 14.2 Å². The molecule has 9 nitrogen and oxygen atoms in total. The number of hydrogen-bond donors (Lipinski definition) is 1. The summed E-state index contributed by atoms with van der Waals surface area (Å²) in [6.45, 7) is 12.7. The number of ether oxygens (including phenoxy) is 2. The second-order valence-corrected chi connectivity index (χ2v) is 13.7. The maximum atomic E-state index is 14.7. The Balaban J connectivity index is 2.70. The van der Waals surface area contributed by atoms with Gasteiger partial charge >= 0.3 is 11.9 Å². The van der Waals surface area contributed by atoms with E-state index in [1.54, 1.807) is 57.2 Å². The van der Waals surface area contributed by atoms with Crippen molar-refractivity contribution in [3.05, 3.63) is 70.4 Å². The van der Waals surface area contributed by atoms with E-state index in [0.29, 0.717) is 0 Å². The van der Waals surface area contributed by atoms with Crippen molar-refractivity contribution >= 4 is 45.0 Å². The second kappa shape index (κ2) is 10.9. The van der Waals surface area contributed by atoms with Gasteiger partial charge in [0.05, 0.1) is 36.0 Å². The van der Waals surface area contributed by atoms with Crippen molar-refractivity contribution in [3.63, 3.8) is 0 Å². The highest BCUT2D eigenvalue weighted by molar-refractivity contribution is 7.89. The molecule has 0 atom stereocenters. The molecule has 216 valence electrons. The minimum absolute atomic E-state index is 0.0418. The van der Waals surface area contributed by atoms with Crippen molar-refractivity contribution in [3.8, 4) is 0 Å². The van der Waals surface area contributed by atoms with Gasteiger partial charge < -0.3 is 14.8 Å². The minimum atomic E-state index is -4.67. The summed E-state index contributed by atoms with van der Waals surface area (Å²) in [6.07, 6.45) is 0. The molecule has 1 heterocycles. The van der Waals surface area contributed by atoms with Crippen molar-refractivity contribution in [1.82, 2.24) is 9.62 Å². The van der Waals surface area contributed by atoms with Gasteiger partial charge in [0.15, 0.2) is 0 Å². The van der Waals surface area contributed by atoms with Crippen molar-refractivity contribution in [1.29, 1.82) is 0 Å². The van der Waals surface area contributed by atoms with Gasteiger partial charge in [-0.15, -0.1) is 0 Å². The molecule has 0 amide bonds. The molecule has 0 aliphatic carbocycles. The molecule has 2 aromatic carbocycles. The summed E-state index contributed by atoms with van der Waals surface area (Å²) in [7, 11) is -2.53. The summed E-state index contributed by atoms with van der Waals surface area (Å²) in [5, 5.41) is 3.50. The zero-order valence-electron chi connectivity index (χ0n) is 24.2. The molecular formula is C29H36ClN3O6S. The van der Waals surface area contributed by atoms with E-state index in [1.807, 2.05) is 27.7 Å². The number of rotatable bonds is 6. The van der Waals surface area contributed by atoms with Crippen LogP contribution in [0.15, 0.2) is 64.1 Å². The molecular weight excluding hydrogens is 554 g/mol. The Morgan fingerprint density at radius 2 is 1.45 bits per heavy atom. The second-order valence-electron chi connectivity index (χ2n) is 11.5. The monoisotopic (exact) mass is 589 g/mol. The van der Waals surface area contributed by atoms with Crippen LogP contribution in [0.1, 0.15) is 52.7 Å². The number of methoxy groups -OCH3 is 2. The number of carbonyl (C=O) groups excluding carboxylic acids is 2. The number of nitrogens with zero attached hydrogens (tertiary/aromatic N) is 2. The average Bonchev–Trinajstić information content (AvgIpc) is 3.12. The summed E-state index contributed by atoms with van der Waals surface area (Å²) in [5.41, 5.74) is -3.24. The summed E-state index contributed by atoms with van der Waals surface area (Å²) in [6, 6.07) is 12.6. The predicted octanol–water partition coefficient (Wildman–Crippen LogP) is 4.73. The molecule has 0 aromatic heterocycles. The van der Waals surface area contributed by atoms with E-state index in [-0.39, 0.29) is 32.6 Å². The van der Waals surface area contributed by atoms with Crippen LogP contribution in [-0.4, -0.2) is 61.2 Å². The highest BCUT2D eigenvalue weighted by atomic mass is 35.5. The van der Waals surface area contributed by atoms with Crippen LogP contribution in [0.25, 0.3) is 5.70 Å². The largest absolute Gasteiger partial charge is 0.466 e. The van der Waals surface area contributed by atoms with Gasteiger partial charge in [-0.05, 0) is 66.7 Å². The van der Waals surface area contributed by atoms with Gasteiger partial charge in [-0.25, -0.2) is 22.3 Å². The van der Waals surface area contributed by atoms with E-state index in [9.17, 15) is 18.0 Å². The number of esters is 2. The van der Waals surface area contributed by atoms with Gasteiger partial charge in [0.2, 0.25) is 0 Å². The van der Waals surface area contributed by atoms with Crippen molar-refractivity contribution < 1.29 is 27.5 Å². The SMILES string of the molecule is COC(=O)C1(C(=O)OC)C(=NC(C)(C)C)C(NC(C)(C)C)=C(c2ccccc2Cl)N1S(=O)(=O)c1ccc(C)cc1. The highest BCUT2D eigenvalue weighted by Crippen LogP contribution is 2.47. The zero-order valence-corrected chi connectivity index (χ0v) is 25.8. The van der Waals surface area contributed by atoms with Crippen LogP contribution in [0.4, 0.5) is 0 Å². The van der Waals surface area contributed by atoms with Crippen LogP contribution in [0.2, 0.25) is 5.02 Å². The standard InChI is InChI=1S/C29H36ClN3O6S/c1-18-14-16-19(17-15-18)40(36,37)33-23(20-12-10-11-13-21(20)30)22(31-27(2,3)4)24(32-28(5,6)7)29(33,25(34)38-8)26(35)39-9/h10-17,31H,1-9H3. The fourth-order valence-electron chi connectivity index (χ4n) is 4.38. The zero-order chi connectivity index (χ0) is 30.3. The first-order chi connectivity index (χ1) is 18.4. The van der Waals surface area contributed by atoms with Gasteiger partial charge in [0.25, 0.3) is 15.6 Å². The third kappa shape index (κ3) is 5.60. The number of carbonyl (C=O) groups is 2. The Morgan fingerprint density at radius 1 is 0.925 bits per heavy atom. The molecule has 0 saturated carbocycles. The van der Waals surface area contributed by atoms with Crippen LogP contribution in [-0.2, 0) is 29.1 Å². The van der Waals surface area contributed by atoms with Crippen LogP contribution < -0.4 is 5.32 Å². The van der Waals surface area contributed by atoms with Gasteiger partial charge in [0.1, 0.15) is 5.71 Å². The van der Waals surface area contributed by atoms with E-state index in [2.05, 4.69) is 5.32 Å². The quantitative estimate of drug-likeness (QED) is 0.382.